The molecule has 2 aliphatic rings. The summed E-state index contributed by atoms with van der Waals surface area (Å²) in [6.07, 6.45) is 4.16. The number of aromatic nitrogens is 3. The van der Waals surface area contributed by atoms with Crippen LogP contribution in [-0.2, 0) is 11.3 Å². The lowest BCUT2D eigenvalue weighted by atomic mass is 10.0. The van der Waals surface area contributed by atoms with Crippen LogP contribution in [0.15, 0.2) is 48.9 Å². The van der Waals surface area contributed by atoms with Gasteiger partial charge in [-0.2, -0.15) is 13.9 Å². The minimum Gasteiger partial charge on any atom is -0.489 e. The topological polar surface area (TPSA) is 110 Å². The van der Waals surface area contributed by atoms with Crippen LogP contribution in [0.1, 0.15) is 35.4 Å². The number of hydrogen-bond acceptors (Lipinski definition) is 7. The van der Waals surface area contributed by atoms with Crippen LogP contribution in [0, 0.1) is 0 Å². The number of pyridine rings is 1. The molecule has 2 fully saturated rings. The molecule has 0 radical (unpaired) electrons. The Morgan fingerprint density at radius 3 is 2.79 bits per heavy atom. The maximum Gasteiger partial charge on any atom is 0.410 e. The van der Waals surface area contributed by atoms with Crippen LogP contribution in [0.25, 0.3) is 11.1 Å². The predicted molar refractivity (Wildman–Crippen MR) is 131 cm³/mol. The molecule has 0 bridgehead atoms. The number of halogens is 3. The summed E-state index contributed by atoms with van der Waals surface area (Å²) in [7, 11) is 0. The lowest BCUT2D eigenvalue weighted by molar-refractivity contribution is 0.0522. The molecule has 2 aliphatic heterocycles. The van der Waals surface area contributed by atoms with Crippen molar-refractivity contribution in [3.8, 4) is 16.9 Å². The first-order chi connectivity index (χ1) is 18.3. The number of hydrogen-bond donors (Lipinski definition) is 1. The summed E-state index contributed by atoms with van der Waals surface area (Å²) < 4.78 is 38.2. The quantitative estimate of drug-likeness (QED) is 0.425. The van der Waals surface area contributed by atoms with Crippen LogP contribution in [0.2, 0.25) is 5.02 Å². The zero-order chi connectivity index (χ0) is 26.8. The second kappa shape index (κ2) is 10.9. The minimum absolute atomic E-state index is 0.00447. The van der Waals surface area contributed by atoms with E-state index in [1.165, 1.54) is 29.6 Å². The second-order valence-electron chi connectivity index (χ2n) is 9.01. The number of alkyl halides is 2. The van der Waals surface area contributed by atoms with Crippen molar-refractivity contribution in [1.29, 1.82) is 0 Å². The van der Waals surface area contributed by atoms with Crippen molar-refractivity contribution in [2.75, 3.05) is 19.9 Å². The summed E-state index contributed by atoms with van der Waals surface area (Å²) in [4.78, 5) is 32.2. The van der Waals surface area contributed by atoms with E-state index in [0.29, 0.717) is 40.2 Å². The first-order valence-electron chi connectivity index (χ1n) is 11.9. The number of amides is 2. The lowest BCUT2D eigenvalue weighted by Gasteiger charge is -2.33. The summed E-state index contributed by atoms with van der Waals surface area (Å²) in [6.45, 7) is -2.55. The third-order valence-corrected chi connectivity index (χ3v) is 6.79. The van der Waals surface area contributed by atoms with Gasteiger partial charge in [0.2, 0.25) is 0 Å². The number of aliphatic hydroxyl groups excluding tert-OH is 1. The molecule has 5 rings (SSSR count). The number of benzene rings is 1. The monoisotopic (exact) mass is 547 g/mol. The van der Waals surface area contributed by atoms with Crippen LogP contribution >= 0.6 is 11.6 Å². The number of rotatable bonds is 8. The molecule has 13 heteroatoms. The molecule has 0 saturated carbocycles. The molecule has 0 spiro atoms. The van der Waals surface area contributed by atoms with Crippen molar-refractivity contribution in [3.63, 3.8) is 0 Å². The zero-order valence-electron chi connectivity index (χ0n) is 20.0. The van der Waals surface area contributed by atoms with Gasteiger partial charge in [0.25, 0.3) is 5.91 Å². The molecular weight excluding hydrogens is 524 g/mol. The van der Waals surface area contributed by atoms with Crippen molar-refractivity contribution in [1.82, 2.24) is 24.6 Å². The van der Waals surface area contributed by atoms with E-state index >= 15 is 0 Å². The van der Waals surface area contributed by atoms with Gasteiger partial charge in [0.05, 0.1) is 12.2 Å². The average Bonchev–Trinajstić information content (AvgIpc) is 3.55. The Kier molecular flexibility index (Phi) is 7.43. The van der Waals surface area contributed by atoms with Gasteiger partial charge in [-0.05, 0) is 17.7 Å². The van der Waals surface area contributed by atoms with Crippen molar-refractivity contribution >= 4 is 23.6 Å². The van der Waals surface area contributed by atoms with E-state index in [-0.39, 0.29) is 42.8 Å². The maximum atomic E-state index is 13.3. The standard InChI is InChI=1S/C25H24ClF2N5O5/c26-17-3-1-15(2-4-17)11-31(14-34)23(35)21-8-22(20(10-29-21)16-9-30-33(12-16)24(27)28)38-19-5-6-32-18(7-19)13-37-25(32)36/h1-4,8-10,12,18-19,24,34H,5-7,11,13-14H2/t18-,19-/m0/s1. The molecule has 200 valence electrons. The highest BCUT2D eigenvalue weighted by molar-refractivity contribution is 6.30. The Bertz CT molecular complexity index is 1320. The van der Waals surface area contributed by atoms with E-state index in [1.54, 1.807) is 29.2 Å². The van der Waals surface area contributed by atoms with E-state index in [4.69, 9.17) is 21.1 Å². The Morgan fingerprint density at radius 1 is 1.29 bits per heavy atom. The zero-order valence-corrected chi connectivity index (χ0v) is 20.8. The van der Waals surface area contributed by atoms with Crippen LogP contribution in [-0.4, -0.2) is 73.7 Å². The number of nitrogens with zero attached hydrogens (tertiary/aromatic N) is 5. The largest absolute Gasteiger partial charge is 0.489 e. The summed E-state index contributed by atoms with van der Waals surface area (Å²) in [5.74, 6) is -0.294. The SMILES string of the molecule is O=C(c1cc(O[C@H]2CCN3C(=O)OC[C@@H]3C2)c(-c2cnn(C(F)F)c2)cn1)N(CO)Cc1ccc(Cl)cc1. The third kappa shape index (κ3) is 5.41. The number of cyclic esters (lactones) is 1. The highest BCUT2D eigenvalue weighted by atomic mass is 35.5. The molecular formula is C25H24ClF2N5O5. The molecule has 38 heavy (non-hydrogen) atoms. The summed E-state index contributed by atoms with van der Waals surface area (Å²) in [5.41, 5.74) is 1.47. The van der Waals surface area contributed by atoms with Gasteiger partial charge in [-0.15, -0.1) is 0 Å². The Hall–Kier alpha value is -3.77. The van der Waals surface area contributed by atoms with E-state index in [9.17, 15) is 23.5 Å². The number of carbonyl (C=O) groups excluding carboxylic acids is 2. The fraction of sp³-hybridized carbons (Fsp3) is 0.360. The fourth-order valence-electron chi connectivity index (χ4n) is 4.56. The minimum atomic E-state index is -2.82. The van der Waals surface area contributed by atoms with Crippen molar-refractivity contribution < 1.29 is 33.0 Å². The Morgan fingerprint density at radius 2 is 2.08 bits per heavy atom. The fourth-order valence-corrected chi connectivity index (χ4v) is 4.69. The molecule has 0 unspecified atom stereocenters. The molecule has 0 aliphatic carbocycles. The van der Waals surface area contributed by atoms with E-state index in [1.807, 2.05) is 0 Å². The van der Waals surface area contributed by atoms with Gasteiger partial charge < -0.3 is 24.4 Å². The highest BCUT2D eigenvalue weighted by Gasteiger charge is 2.39. The van der Waals surface area contributed by atoms with E-state index in [2.05, 4.69) is 10.1 Å². The highest BCUT2D eigenvalue weighted by Crippen LogP contribution is 2.34. The van der Waals surface area contributed by atoms with Crippen LogP contribution in [0.3, 0.4) is 0 Å². The molecule has 2 saturated heterocycles. The number of carbonyl (C=O) groups is 2. The molecule has 2 atom stereocenters. The van der Waals surface area contributed by atoms with E-state index in [0.717, 1.165) is 5.56 Å². The second-order valence-corrected chi connectivity index (χ2v) is 9.45. The molecule has 10 nitrogen and oxygen atoms in total. The number of ether oxygens (including phenoxy) is 2. The Labute approximate surface area is 221 Å². The van der Waals surface area contributed by atoms with Gasteiger partial charge in [0.1, 0.15) is 30.9 Å². The van der Waals surface area contributed by atoms with Crippen molar-refractivity contribution in [2.24, 2.45) is 0 Å². The molecule has 1 N–H and O–H groups in total. The maximum absolute atomic E-state index is 13.3. The molecule has 4 heterocycles. The van der Waals surface area contributed by atoms with Crippen LogP contribution in [0.5, 0.6) is 5.75 Å². The molecule has 3 aromatic rings. The molecule has 2 aromatic heterocycles. The van der Waals surface area contributed by atoms with Gasteiger partial charge in [-0.1, -0.05) is 23.7 Å². The van der Waals surface area contributed by atoms with Crippen LogP contribution < -0.4 is 4.74 Å². The summed E-state index contributed by atoms with van der Waals surface area (Å²) in [5, 5.41) is 14.1. The van der Waals surface area contributed by atoms with Gasteiger partial charge in [-0.25, -0.2) is 9.48 Å². The van der Waals surface area contributed by atoms with Gasteiger partial charge in [0, 0.05) is 60.5 Å². The summed E-state index contributed by atoms with van der Waals surface area (Å²) in [6, 6.07) is 8.16. The smallest absolute Gasteiger partial charge is 0.410 e. The number of piperidine rings is 1. The first-order valence-corrected chi connectivity index (χ1v) is 12.3. The molecule has 1 aromatic carbocycles. The molecule has 2 amide bonds. The van der Waals surface area contributed by atoms with Gasteiger partial charge in [-0.3, -0.25) is 9.78 Å². The summed E-state index contributed by atoms with van der Waals surface area (Å²) >= 11 is 5.93. The average molecular weight is 548 g/mol. The number of fused-ring (bicyclic) bond motifs is 1. The van der Waals surface area contributed by atoms with Gasteiger partial charge in [0.15, 0.2) is 0 Å². The van der Waals surface area contributed by atoms with Gasteiger partial charge >= 0.3 is 12.6 Å². The first kappa shape index (κ1) is 25.9. The number of aliphatic hydroxyl groups is 1. The third-order valence-electron chi connectivity index (χ3n) is 6.54. The predicted octanol–water partition coefficient (Wildman–Crippen LogP) is 3.95. The van der Waals surface area contributed by atoms with Crippen molar-refractivity contribution in [3.05, 3.63) is 65.2 Å². The van der Waals surface area contributed by atoms with Crippen LogP contribution in [0.4, 0.5) is 13.6 Å². The Balaban J connectivity index is 1.42. The lowest BCUT2D eigenvalue weighted by Crippen LogP contribution is -2.44. The van der Waals surface area contributed by atoms with E-state index < -0.39 is 19.2 Å². The van der Waals surface area contributed by atoms with Crippen molar-refractivity contribution in [2.45, 2.75) is 38.1 Å². The normalized spacial score (nSPS) is 18.9.